The lowest BCUT2D eigenvalue weighted by Crippen LogP contribution is -2.04. The van der Waals surface area contributed by atoms with Gasteiger partial charge >= 0.3 is 5.97 Å². The molecule has 0 aliphatic rings. The minimum absolute atomic E-state index is 0.190. The van der Waals surface area contributed by atoms with E-state index in [1.165, 1.54) is 0 Å². The van der Waals surface area contributed by atoms with Crippen molar-refractivity contribution >= 4 is 5.97 Å². The lowest BCUT2D eigenvalue weighted by Gasteiger charge is -1.96. The Kier molecular flexibility index (Phi) is 3.09. The van der Waals surface area contributed by atoms with Crippen LogP contribution in [0.15, 0.2) is 30.3 Å². The number of aromatic nitrogens is 2. The number of nitrogens with one attached hydrogen (secondary N) is 1. The van der Waals surface area contributed by atoms with Crippen molar-refractivity contribution in [3.05, 3.63) is 36.0 Å². The molecule has 17 heavy (non-hydrogen) atoms. The zero-order chi connectivity index (χ0) is 12.3. The largest absolute Gasteiger partial charge is 0.508 e. The fraction of sp³-hybridized carbons (Fsp3) is 0.167. The van der Waals surface area contributed by atoms with Crippen molar-refractivity contribution in [1.82, 2.24) is 10.2 Å². The fourth-order valence-electron chi connectivity index (χ4n) is 1.42. The number of H-pyrrole nitrogens is 1. The van der Waals surface area contributed by atoms with E-state index in [0.717, 1.165) is 5.56 Å². The van der Waals surface area contributed by atoms with Gasteiger partial charge in [0, 0.05) is 5.56 Å². The first kappa shape index (κ1) is 11.2. The average Bonchev–Trinajstić information content (AvgIpc) is 2.80. The highest BCUT2D eigenvalue weighted by Gasteiger charge is 2.11. The molecule has 5 nitrogen and oxygen atoms in total. The molecule has 0 amide bonds. The Bertz CT molecular complexity index is 517. The Hall–Kier alpha value is -2.30. The zero-order valence-corrected chi connectivity index (χ0v) is 9.30. The summed E-state index contributed by atoms with van der Waals surface area (Å²) in [4.78, 5) is 11.4. The van der Waals surface area contributed by atoms with Gasteiger partial charge in [0.2, 0.25) is 0 Å². The molecule has 0 radical (unpaired) electrons. The molecule has 0 fully saturated rings. The van der Waals surface area contributed by atoms with Crippen LogP contribution in [0.4, 0.5) is 0 Å². The Morgan fingerprint density at radius 2 is 2.12 bits per heavy atom. The molecule has 0 saturated heterocycles. The summed E-state index contributed by atoms with van der Waals surface area (Å²) in [5.41, 5.74) is 1.76. The fourth-order valence-corrected chi connectivity index (χ4v) is 1.42. The Labute approximate surface area is 98.0 Å². The molecule has 0 aliphatic carbocycles. The van der Waals surface area contributed by atoms with E-state index >= 15 is 0 Å². The monoisotopic (exact) mass is 232 g/mol. The Morgan fingerprint density at radius 3 is 2.76 bits per heavy atom. The number of hydrogen-bond acceptors (Lipinski definition) is 4. The van der Waals surface area contributed by atoms with Crippen molar-refractivity contribution in [3.8, 4) is 17.0 Å². The summed E-state index contributed by atoms with van der Waals surface area (Å²) in [7, 11) is 0. The molecule has 0 aliphatic heterocycles. The van der Waals surface area contributed by atoms with Crippen LogP contribution in [0, 0.1) is 0 Å². The second kappa shape index (κ2) is 4.69. The maximum Gasteiger partial charge on any atom is 0.356 e. The third-order valence-electron chi connectivity index (χ3n) is 2.24. The van der Waals surface area contributed by atoms with Crippen molar-refractivity contribution in [2.24, 2.45) is 0 Å². The smallest absolute Gasteiger partial charge is 0.356 e. The highest BCUT2D eigenvalue weighted by molar-refractivity contribution is 5.88. The molecular weight excluding hydrogens is 220 g/mol. The van der Waals surface area contributed by atoms with Gasteiger partial charge in [0.25, 0.3) is 0 Å². The summed E-state index contributed by atoms with van der Waals surface area (Å²) >= 11 is 0. The van der Waals surface area contributed by atoms with E-state index in [2.05, 4.69) is 10.2 Å². The number of carbonyl (C=O) groups is 1. The van der Waals surface area contributed by atoms with Crippen LogP contribution in [0.2, 0.25) is 0 Å². The van der Waals surface area contributed by atoms with Gasteiger partial charge in [0.1, 0.15) is 11.4 Å². The molecule has 0 atom stereocenters. The van der Waals surface area contributed by atoms with E-state index in [1.54, 1.807) is 37.3 Å². The number of esters is 1. The quantitative estimate of drug-likeness (QED) is 0.793. The highest BCUT2D eigenvalue weighted by atomic mass is 16.5. The van der Waals surface area contributed by atoms with Gasteiger partial charge in [-0.25, -0.2) is 4.79 Å². The number of nitrogens with zero attached hydrogens (tertiary/aromatic N) is 1. The van der Waals surface area contributed by atoms with E-state index in [1.807, 2.05) is 0 Å². The standard InChI is InChI=1S/C12H12N2O3/c1-2-17-12(16)11-7-10(13-14-11)8-3-5-9(15)6-4-8/h3-7,15H,2H2,1H3,(H,13,14). The molecule has 0 spiro atoms. The van der Waals surface area contributed by atoms with Gasteiger partial charge in [0.15, 0.2) is 0 Å². The van der Waals surface area contributed by atoms with Crippen LogP contribution in [0.1, 0.15) is 17.4 Å². The van der Waals surface area contributed by atoms with Crippen LogP contribution in [-0.4, -0.2) is 27.9 Å². The van der Waals surface area contributed by atoms with Crippen LogP contribution >= 0.6 is 0 Å². The lowest BCUT2D eigenvalue weighted by atomic mass is 10.1. The lowest BCUT2D eigenvalue weighted by molar-refractivity contribution is 0.0519. The molecule has 1 aromatic heterocycles. The minimum atomic E-state index is -0.426. The van der Waals surface area contributed by atoms with Crippen LogP contribution in [0.3, 0.4) is 0 Å². The molecule has 2 rings (SSSR count). The maximum atomic E-state index is 11.4. The van der Waals surface area contributed by atoms with Crippen LogP contribution in [0.5, 0.6) is 5.75 Å². The van der Waals surface area contributed by atoms with Crippen molar-refractivity contribution in [2.75, 3.05) is 6.61 Å². The first-order valence-corrected chi connectivity index (χ1v) is 5.22. The van der Waals surface area contributed by atoms with Gasteiger partial charge in [-0.15, -0.1) is 0 Å². The van der Waals surface area contributed by atoms with E-state index in [0.29, 0.717) is 18.0 Å². The topological polar surface area (TPSA) is 75.2 Å². The predicted molar refractivity (Wildman–Crippen MR) is 61.6 cm³/mol. The van der Waals surface area contributed by atoms with Gasteiger partial charge in [-0.1, -0.05) is 0 Å². The number of hydrogen-bond donors (Lipinski definition) is 2. The van der Waals surface area contributed by atoms with Crippen molar-refractivity contribution in [3.63, 3.8) is 0 Å². The molecule has 0 saturated carbocycles. The van der Waals surface area contributed by atoms with Crippen LogP contribution in [-0.2, 0) is 4.74 Å². The van der Waals surface area contributed by atoms with Crippen molar-refractivity contribution in [1.29, 1.82) is 0 Å². The van der Waals surface area contributed by atoms with Crippen molar-refractivity contribution < 1.29 is 14.6 Å². The number of aromatic amines is 1. The number of benzene rings is 1. The zero-order valence-electron chi connectivity index (χ0n) is 9.30. The van der Waals surface area contributed by atoms with Crippen LogP contribution in [0.25, 0.3) is 11.3 Å². The molecular formula is C12H12N2O3. The molecule has 1 heterocycles. The number of ether oxygens (including phenoxy) is 1. The predicted octanol–water partition coefficient (Wildman–Crippen LogP) is 1.96. The summed E-state index contributed by atoms with van der Waals surface area (Å²) < 4.78 is 4.85. The number of rotatable bonds is 3. The van der Waals surface area contributed by atoms with Gasteiger partial charge in [-0.3, -0.25) is 5.10 Å². The summed E-state index contributed by atoms with van der Waals surface area (Å²) in [6, 6.07) is 8.19. The SMILES string of the molecule is CCOC(=O)c1cc(-c2ccc(O)cc2)n[nH]1. The molecule has 0 bridgehead atoms. The molecule has 2 aromatic rings. The molecule has 88 valence electrons. The van der Waals surface area contributed by atoms with Gasteiger partial charge in [-0.05, 0) is 37.3 Å². The first-order valence-electron chi connectivity index (χ1n) is 5.22. The number of phenolic OH excluding ortho intramolecular Hbond substituents is 1. The summed E-state index contributed by atoms with van der Waals surface area (Å²) in [6.45, 7) is 2.07. The van der Waals surface area contributed by atoms with Gasteiger partial charge in [0.05, 0.1) is 12.3 Å². The first-order chi connectivity index (χ1) is 8.20. The average molecular weight is 232 g/mol. The minimum Gasteiger partial charge on any atom is -0.508 e. The number of aromatic hydroxyl groups is 1. The number of phenols is 1. The second-order valence-electron chi connectivity index (χ2n) is 3.43. The molecule has 0 unspecified atom stereocenters. The third kappa shape index (κ3) is 2.44. The van der Waals surface area contributed by atoms with Gasteiger partial charge < -0.3 is 9.84 Å². The Balaban J connectivity index is 2.23. The highest BCUT2D eigenvalue weighted by Crippen LogP contribution is 2.20. The summed E-state index contributed by atoms with van der Waals surface area (Å²) in [5, 5.41) is 15.8. The van der Waals surface area contributed by atoms with E-state index in [9.17, 15) is 4.79 Å². The van der Waals surface area contributed by atoms with Crippen molar-refractivity contribution in [2.45, 2.75) is 6.92 Å². The molecule has 5 heteroatoms. The van der Waals surface area contributed by atoms with E-state index in [4.69, 9.17) is 9.84 Å². The summed E-state index contributed by atoms with van der Waals surface area (Å²) in [6.07, 6.45) is 0. The third-order valence-corrected chi connectivity index (χ3v) is 2.24. The number of carbonyl (C=O) groups excluding carboxylic acids is 1. The van der Waals surface area contributed by atoms with Gasteiger partial charge in [-0.2, -0.15) is 5.10 Å². The Morgan fingerprint density at radius 1 is 1.41 bits per heavy atom. The summed E-state index contributed by atoms with van der Waals surface area (Å²) in [5.74, 6) is -0.236. The molecule has 1 aromatic carbocycles. The van der Waals surface area contributed by atoms with E-state index < -0.39 is 5.97 Å². The van der Waals surface area contributed by atoms with E-state index in [-0.39, 0.29) is 5.75 Å². The second-order valence-corrected chi connectivity index (χ2v) is 3.43. The normalized spacial score (nSPS) is 10.2. The molecule has 2 N–H and O–H groups in total. The maximum absolute atomic E-state index is 11.4. The van der Waals surface area contributed by atoms with Crippen LogP contribution < -0.4 is 0 Å².